The molecule has 2 aliphatic heterocycles. The molecular formula is C15H22N+. The molecule has 0 N–H and O–H groups in total. The van der Waals surface area contributed by atoms with Crippen LogP contribution in [-0.4, -0.2) is 30.7 Å². The summed E-state index contributed by atoms with van der Waals surface area (Å²) in [5.74, 6) is 0.806. The van der Waals surface area contributed by atoms with Gasteiger partial charge in [-0.15, -0.1) is 0 Å². The van der Waals surface area contributed by atoms with E-state index in [0.717, 1.165) is 12.0 Å². The maximum atomic E-state index is 2.48. The Morgan fingerprint density at radius 3 is 2.69 bits per heavy atom. The first kappa shape index (κ1) is 10.3. The van der Waals surface area contributed by atoms with Crippen LogP contribution in [0.25, 0.3) is 0 Å². The van der Waals surface area contributed by atoms with Gasteiger partial charge >= 0.3 is 0 Å². The lowest BCUT2D eigenvalue weighted by atomic mass is 9.86. The number of hydrogen-bond donors (Lipinski definition) is 0. The Hall–Kier alpha value is -0.820. The first-order chi connectivity index (χ1) is 7.78. The number of nitrogens with zero attached hydrogens (tertiary/aromatic N) is 1. The minimum absolute atomic E-state index is 0.806. The highest BCUT2D eigenvalue weighted by Crippen LogP contribution is 2.39. The zero-order valence-corrected chi connectivity index (χ0v) is 10.2. The van der Waals surface area contributed by atoms with Crippen LogP contribution in [0.1, 0.15) is 37.2 Å². The molecule has 1 nitrogen and oxygen atoms in total. The Bertz CT molecular complexity index is 359. The van der Waals surface area contributed by atoms with Crippen molar-refractivity contribution in [1.82, 2.24) is 0 Å². The van der Waals surface area contributed by atoms with E-state index in [1.165, 1.54) is 43.3 Å². The standard InChI is InChI=1S/C15H22N/c1-16-11-5-8-15(16)10-9-14(12-16)13-6-3-2-4-7-13/h2-4,6-7,14-15H,5,8-12H2,1H3/q+1/t14-,15-,16?/m0/s1. The number of quaternary nitrogens is 1. The maximum absolute atomic E-state index is 2.48. The number of likely N-dealkylation sites (N-methyl/N-ethyl adjacent to an activating group) is 1. The van der Waals surface area contributed by atoms with Gasteiger partial charge in [0.05, 0.1) is 26.2 Å². The quantitative estimate of drug-likeness (QED) is 0.633. The molecule has 0 radical (unpaired) electrons. The molecule has 1 heteroatoms. The van der Waals surface area contributed by atoms with Crippen molar-refractivity contribution >= 4 is 0 Å². The summed E-state index contributed by atoms with van der Waals surface area (Å²) in [7, 11) is 2.48. The van der Waals surface area contributed by atoms with Crippen molar-refractivity contribution in [2.45, 2.75) is 37.6 Å². The highest BCUT2D eigenvalue weighted by molar-refractivity contribution is 5.20. The molecule has 0 spiro atoms. The molecule has 1 aromatic rings. The molecule has 1 aromatic carbocycles. The summed E-state index contributed by atoms with van der Waals surface area (Å²) < 4.78 is 1.35. The van der Waals surface area contributed by atoms with Gasteiger partial charge in [-0.3, -0.25) is 0 Å². The summed E-state index contributed by atoms with van der Waals surface area (Å²) in [4.78, 5) is 0. The minimum Gasteiger partial charge on any atom is -0.323 e. The third kappa shape index (κ3) is 1.67. The van der Waals surface area contributed by atoms with Gasteiger partial charge in [-0.05, 0) is 12.0 Å². The van der Waals surface area contributed by atoms with Gasteiger partial charge in [0.1, 0.15) is 0 Å². The Labute approximate surface area is 98.7 Å². The summed E-state index contributed by atoms with van der Waals surface area (Å²) >= 11 is 0. The van der Waals surface area contributed by atoms with Gasteiger partial charge in [-0.2, -0.15) is 0 Å². The van der Waals surface area contributed by atoms with Crippen molar-refractivity contribution in [2.24, 2.45) is 0 Å². The number of benzene rings is 1. The molecule has 16 heavy (non-hydrogen) atoms. The van der Waals surface area contributed by atoms with E-state index in [9.17, 15) is 0 Å². The maximum Gasteiger partial charge on any atom is 0.0890 e. The molecule has 2 fully saturated rings. The number of piperidine rings is 1. The van der Waals surface area contributed by atoms with Crippen molar-refractivity contribution in [3.63, 3.8) is 0 Å². The van der Waals surface area contributed by atoms with Crippen LogP contribution in [0.4, 0.5) is 0 Å². The second-order valence-electron chi connectivity index (χ2n) is 5.87. The van der Waals surface area contributed by atoms with Gasteiger partial charge < -0.3 is 4.48 Å². The van der Waals surface area contributed by atoms with E-state index >= 15 is 0 Å². The zero-order valence-electron chi connectivity index (χ0n) is 10.2. The van der Waals surface area contributed by atoms with Crippen LogP contribution in [0.15, 0.2) is 30.3 Å². The normalized spacial score (nSPS) is 38.3. The Kier molecular flexibility index (Phi) is 2.51. The Balaban J connectivity index is 1.80. The molecule has 2 aliphatic rings. The van der Waals surface area contributed by atoms with Gasteiger partial charge in [-0.25, -0.2) is 0 Å². The van der Waals surface area contributed by atoms with Crippen LogP contribution < -0.4 is 0 Å². The van der Waals surface area contributed by atoms with E-state index in [1.54, 1.807) is 5.56 Å². The van der Waals surface area contributed by atoms with E-state index in [4.69, 9.17) is 0 Å². The van der Waals surface area contributed by atoms with Crippen LogP contribution in [0.2, 0.25) is 0 Å². The molecule has 2 saturated heterocycles. The summed E-state index contributed by atoms with van der Waals surface area (Å²) in [6.45, 7) is 2.78. The molecule has 0 amide bonds. The lowest BCUT2D eigenvalue weighted by Gasteiger charge is -2.43. The number of hydrogen-bond acceptors (Lipinski definition) is 0. The fourth-order valence-electron chi connectivity index (χ4n) is 3.86. The lowest BCUT2D eigenvalue weighted by Crippen LogP contribution is -2.53. The molecule has 86 valence electrons. The van der Waals surface area contributed by atoms with E-state index in [0.29, 0.717) is 0 Å². The van der Waals surface area contributed by atoms with E-state index in [1.807, 2.05) is 0 Å². The topological polar surface area (TPSA) is 0 Å². The van der Waals surface area contributed by atoms with E-state index in [-0.39, 0.29) is 0 Å². The molecule has 1 unspecified atom stereocenters. The van der Waals surface area contributed by atoms with Crippen LogP contribution >= 0.6 is 0 Å². The predicted molar refractivity (Wildman–Crippen MR) is 67.4 cm³/mol. The van der Waals surface area contributed by atoms with Gasteiger partial charge in [0.2, 0.25) is 0 Å². The summed E-state index contributed by atoms with van der Waals surface area (Å²) in [5, 5.41) is 0. The van der Waals surface area contributed by atoms with Crippen molar-refractivity contribution < 1.29 is 4.48 Å². The molecular weight excluding hydrogens is 194 g/mol. The van der Waals surface area contributed by atoms with Crippen molar-refractivity contribution in [1.29, 1.82) is 0 Å². The lowest BCUT2D eigenvalue weighted by molar-refractivity contribution is -0.927. The molecule has 2 heterocycles. The molecule has 0 aromatic heterocycles. The van der Waals surface area contributed by atoms with Crippen LogP contribution in [0.5, 0.6) is 0 Å². The van der Waals surface area contributed by atoms with Crippen molar-refractivity contribution in [3.8, 4) is 0 Å². The van der Waals surface area contributed by atoms with Gasteiger partial charge in [-0.1, -0.05) is 30.3 Å². The highest BCUT2D eigenvalue weighted by atomic mass is 15.4. The minimum atomic E-state index is 0.806. The smallest absolute Gasteiger partial charge is 0.0890 e. The highest BCUT2D eigenvalue weighted by Gasteiger charge is 2.43. The number of fused-ring (bicyclic) bond motifs is 1. The molecule has 0 bridgehead atoms. The largest absolute Gasteiger partial charge is 0.323 e. The number of rotatable bonds is 1. The van der Waals surface area contributed by atoms with Crippen LogP contribution in [0, 0.1) is 0 Å². The zero-order chi connectivity index (χ0) is 11.0. The Morgan fingerprint density at radius 2 is 1.88 bits per heavy atom. The third-order valence-corrected chi connectivity index (χ3v) is 4.84. The summed E-state index contributed by atoms with van der Waals surface area (Å²) in [6.07, 6.45) is 5.76. The molecule has 0 aliphatic carbocycles. The molecule has 3 rings (SSSR count). The Morgan fingerprint density at radius 1 is 1.06 bits per heavy atom. The van der Waals surface area contributed by atoms with Gasteiger partial charge in [0, 0.05) is 25.2 Å². The van der Waals surface area contributed by atoms with Crippen LogP contribution in [-0.2, 0) is 0 Å². The van der Waals surface area contributed by atoms with Crippen molar-refractivity contribution in [2.75, 3.05) is 20.1 Å². The average Bonchev–Trinajstić information content (AvgIpc) is 2.70. The monoisotopic (exact) mass is 216 g/mol. The van der Waals surface area contributed by atoms with E-state index in [2.05, 4.69) is 37.4 Å². The SMILES string of the molecule is C[N+]12CCC[C@H]1CC[C@H](c1ccccc1)C2. The molecule has 0 saturated carbocycles. The predicted octanol–water partition coefficient (Wildman–Crippen LogP) is 3.17. The third-order valence-electron chi connectivity index (χ3n) is 4.84. The average molecular weight is 216 g/mol. The van der Waals surface area contributed by atoms with Gasteiger partial charge in [0.25, 0.3) is 0 Å². The van der Waals surface area contributed by atoms with Crippen LogP contribution in [0.3, 0.4) is 0 Å². The molecule has 3 atom stereocenters. The summed E-state index contributed by atoms with van der Waals surface area (Å²) in [5.41, 5.74) is 1.56. The van der Waals surface area contributed by atoms with E-state index < -0.39 is 0 Å². The van der Waals surface area contributed by atoms with Crippen molar-refractivity contribution in [3.05, 3.63) is 35.9 Å². The fraction of sp³-hybridized carbons (Fsp3) is 0.600. The second kappa shape index (κ2) is 3.89. The first-order valence-corrected chi connectivity index (χ1v) is 6.67. The fourth-order valence-corrected chi connectivity index (χ4v) is 3.86. The first-order valence-electron chi connectivity index (χ1n) is 6.67. The summed E-state index contributed by atoms with van der Waals surface area (Å²) in [6, 6.07) is 12.1. The van der Waals surface area contributed by atoms with Gasteiger partial charge in [0.15, 0.2) is 0 Å². The second-order valence-corrected chi connectivity index (χ2v) is 5.87.